The molecule has 2 aliphatic rings. The number of amidine groups is 1. The van der Waals surface area contributed by atoms with E-state index in [4.69, 9.17) is 19.2 Å². The Bertz CT molecular complexity index is 1220. The van der Waals surface area contributed by atoms with Gasteiger partial charge in [0.05, 0.1) is 12.8 Å². The van der Waals surface area contributed by atoms with Crippen LogP contribution in [0.15, 0.2) is 81.9 Å². The lowest BCUT2D eigenvalue weighted by molar-refractivity contribution is -0.113. The summed E-state index contributed by atoms with van der Waals surface area (Å²) < 4.78 is 17.0. The third-order valence-electron chi connectivity index (χ3n) is 4.99. The summed E-state index contributed by atoms with van der Waals surface area (Å²) >= 11 is 3.44. The summed E-state index contributed by atoms with van der Waals surface area (Å²) in [7, 11) is 1.62. The number of aliphatic imine (C=N–C) groups is 1. The van der Waals surface area contributed by atoms with E-state index in [0.717, 1.165) is 27.0 Å². The average Bonchev–Trinajstić information content (AvgIpc) is 3.39. The predicted octanol–water partition coefficient (Wildman–Crippen LogP) is 5.02. The van der Waals surface area contributed by atoms with Gasteiger partial charge in [0.1, 0.15) is 17.3 Å². The molecule has 0 spiro atoms. The predicted molar refractivity (Wildman–Crippen MR) is 122 cm³/mol. The summed E-state index contributed by atoms with van der Waals surface area (Å²) in [4.78, 5) is 19.7. The summed E-state index contributed by atoms with van der Waals surface area (Å²) in [5.41, 5.74) is 2.69. The number of hydrogen-bond acceptors (Lipinski definition) is 5. The second kappa shape index (κ2) is 7.92. The first-order valence-electron chi connectivity index (χ1n) is 9.57. The number of nitrogens with zero attached hydrogens (tertiary/aromatic N) is 2. The maximum absolute atomic E-state index is 13.4. The Balaban J connectivity index is 1.58. The van der Waals surface area contributed by atoms with Crippen LogP contribution in [0.3, 0.4) is 0 Å². The Kier molecular flexibility index (Phi) is 4.95. The largest absolute Gasteiger partial charge is 0.497 e. The monoisotopic (exact) mass is 476 g/mol. The van der Waals surface area contributed by atoms with Crippen molar-refractivity contribution in [2.24, 2.45) is 4.99 Å². The number of carbonyl (C=O) groups excluding carboxylic acids is 1. The second-order valence-corrected chi connectivity index (χ2v) is 7.84. The molecule has 0 radical (unpaired) electrons. The van der Waals surface area contributed by atoms with Crippen molar-refractivity contribution in [1.82, 2.24) is 0 Å². The Morgan fingerprint density at radius 2 is 1.74 bits per heavy atom. The van der Waals surface area contributed by atoms with Crippen molar-refractivity contribution in [3.8, 4) is 17.2 Å². The van der Waals surface area contributed by atoms with Crippen molar-refractivity contribution in [2.75, 3.05) is 18.8 Å². The topological polar surface area (TPSA) is 60.4 Å². The lowest BCUT2D eigenvalue weighted by atomic mass is 10.1. The molecule has 5 rings (SSSR count). The molecule has 7 heteroatoms. The fourth-order valence-corrected chi connectivity index (χ4v) is 3.71. The van der Waals surface area contributed by atoms with E-state index in [2.05, 4.69) is 15.9 Å². The molecular weight excluding hydrogens is 460 g/mol. The first kappa shape index (κ1) is 19.4. The van der Waals surface area contributed by atoms with E-state index in [9.17, 15) is 4.79 Å². The van der Waals surface area contributed by atoms with Gasteiger partial charge in [-0.05, 0) is 72.3 Å². The highest BCUT2D eigenvalue weighted by molar-refractivity contribution is 9.10. The standard InChI is InChI=1S/C24H17BrN2O4/c1-29-19-9-3-16(4-10-19)23-26-20(12-15-2-11-21-22(13-15)31-14-30-21)24(28)27(23)18-7-5-17(25)6-8-18/h2-13H,14H2,1H3/b20-12+. The molecule has 3 aromatic carbocycles. The van der Waals surface area contributed by atoms with Crippen LogP contribution < -0.4 is 19.1 Å². The maximum atomic E-state index is 13.4. The van der Waals surface area contributed by atoms with Gasteiger partial charge in [-0.1, -0.05) is 22.0 Å². The van der Waals surface area contributed by atoms with Crippen LogP contribution in [0.4, 0.5) is 5.69 Å². The van der Waals surface area contributed by atoms with E-state index in [-0.39, 0.29) is 12.7 Å². The lowest BCUT2D eigenvalue weighted by Gasteiger charge is -2.18. The van der Waals surface area contributed by atoms with Crippen molar-refractivity contribution >= 4 is 39.4 Å². The Morgan fingerprint density at radius 1 is 1.00 bits per heavy atom. The van der Waals surface area contributed by atoms with E-state index in [1.54, 1.807) is 18.1 Å². The van der Waals surface area contributed by atoms with Crippen LogP contribution in [0.5, 0.6) is 17.2 Å². The van der Waals surface area contributed by atoms with Gasteiger partial charge in [-0.2, -0.15) is 0 Å². The van der Waals surface area contributed by atoms with E-state index in [0.29, 0.717) is 23.0 Å². The molecule has 0 fully saturated rings. The van der Waals surface area contributed by atoms with E-state index in [1.807, 2.05) is 66.7 Å². The molecule has 31 heavy (non-hydrogen) atoms. The molecule has 0 bridgehead atoms. The number of benzene rings is 3. The summed E-state index contributed by atoms with van der Waals surface area (Å²) in [6, 6.07) is 20.6. The number of amides is 1. The summed E-state index contributed by atoms with van der Waals surface area (Å²) in [6.07, 6.45) is 1.76. The van der Waals surface area contributed by atoms with Crippen LogP contribution in [-0.4, -0.2) is 25.6 Å². The van der Waals surface area contributed by atoms with Gasteiger partial charge in [-0.25, -0.2) is 4.99 Å². The molecule has 1 amide bonds. The molecular formula is C24H17BrN2O4. The van der Waals surface area contributed by atoms with Crippen LogP contribution in [-0.2, 0) is 4.79 Å². The molecule has 0 unspecified atom stereocenters. The smallest absolute Gasteiger partial charge is 0.282 e. The van der Waals surface area contributed by atoms with Gasteiger partial charge in [-0.3, -0.25) is 9.69 Å². The highest BCUT2D eigenvalue weighted by Gasteiger charge is 2.32. The molecule has 0 atom stereocenters. The minimum absolute atomic E-state index is 0.200. The Morgan fingerprint density at radius 3 is 2.48 bits per heavy atom. The molecule has 3 aromatic rings. The minimum atomic E-state index is -0.203. The van der Waals surface area contributed by atoms with Crippen LogP contribution in [0.25, 0.3) is 6.08 Å². The van der Waals surface area contributed by atoms with Crippen LogP contribution in [0.1, 0.15) is 11.1 Å². The lowest BCUT2D eigenvalue weighted by Crippen LogP contribution is -2.32. The third-order valence-corrected chi connectivity index (χ3v) is 5.52. The zero-order valence-corrected chi connectivity index (χ0v) is 18.1. The molecule has 2 aliphatic heterocycles. The number of carbonyl (C=O) groups is 1. The Hall–Kier alpha value is -3.58. The number of hydrogen-bond donors (Lipinski definition) is 0. The number of methoxy groups -OCH3 is 1. The van der Waals surface area contributed by atoms with Gasteiger partial charge >= 0.3 is 0 Å². The number of rotatable bonds is 4. The normalized spacial score (nSPS) is 16.1. The third kappa shape index (κ3) is 3.68. The minimum Gasteiger partial charge on any atom is -0.497 e. The van der Waals surface area contributed by atoms with Gasteiger partial charge in [0.25, 0.3) is 5.91 Å². The van der Waals surface area contributed by atoms with Gasteiger partial charge in [0, 0.05) is 10.0 Å². The summed E-state index contributed by atoms with van der Waals surface area (Å²) in [5.74, 6) is 2.44. The van der Waals surface area contributed by atoms with E-state index >= 15 is 0 Å². The Labute approximate surface area is 187 Å². The molecule has 0 N–H and O–H groups in total. The molecule has 0 aromatic heterocycles. The van der Waals surface area contributed by atoms with Crippen molar-refractivity contribution in [3.05, 3.63) is 88.0 Å². The molecule has 0 aliphatic carbocycles. The van der Waals surface area contributed by atoms with Gasteiger partial charge in [0.15, 0.2) is 11.5 Å². The van der Waals surface area contributed by atoms with E-state index in [1.165, 1.54) is 0 Å². The number of halogens is 1. The number of fused-ring (bicyclic) bond motifs is 1. The zero-order valence-electron chi connectivity index (χ0n) is 16.5. The van der Waals surface area contributed by atoms with Crippen LogP contribution >= 0.6 is 15.9 Å². The van der Waals surface area contributed by atoms with Gasteiger partial charge in [0.2, 0.25) is 6.79 Å². The van der Waals surface area contributed by atoms with Crippen LogP contribution in [0.2, 0.25) is 0 Å². The molecule has 0 saturated heterocycles. The van der Waals surface area contributed by atoms with E-state index < -0.39 is 0 Å². The fourth-order valence-electron chi connectivity index (χ4n) is 3.44. The first-order chi connectivity index (χ1) is 15.1. The highest BCUT2D eigenvalue weighted by Crippen LogP contribution is 2.34. The molecule has 6 nitrogen and oxygen atoms in total. The number of ether oxygens (including phenoxy) is 3. The van der Waals surface area contributed by atoms with Gasteiger partial charge < -0.3 is 14.2 Å². The SMILES string of the molecule is COc1ccc(C2=N/C(=C/c3ccc4c(c3)OCO4)C(=O)N2c2ccc(Br)cc2)cc1. The number of anilines is 1. The van der Waals surface area contributed by atoms with Crippen molar-refractivity contribution in [2.45, 2.75) is 0 Å². The first-order valence-corrected chi connectivity index (χ1v) is 10.4. The fraction of sp³-hybridized carbons (Fsp3) is 0.0833. The molecule has 0 saturated carbocycles. The molecule has 154 valence electrons. The summed E-state index contributed by atoms with van der Waals surface area (Å²) in [5, 5.41) is 0. The maximum Gasteiger partial charge on any atom is 0.282 e. The van der Waals surface area contributed by atoms with Crippen molar-refractivity contribution in [1.29, 1.82) is 0 Å². The zero-order chi connectivity index (χ0) is 21.4. The second-order valence-electron chi connectivity index (χ2n) is 6.92. The van der Waals surface area contributed by atoms with Crippen molar-refractivity contribution in [3.63, 3.8) is 0 Å². The van der Waals surface area contributed by atoms with Gasteiger partial charge in [-0.15, -0.1) is 0 Å². The average molecular weight is 477 g/mol. The molecule has 2 heterocycles. The van der Waals surface area contributed by atoms with Crippen LogP contribution in [0, 0.1) is 0 Å². The quantitative estimate of drug-likeness (QED) is 0.496. The van der Waals surface area contributed by atoms with Crippen molar-refractivity contribution < 1.29 is 19.0 Å². The summed E-state index contributed by atoms with van der Waals surface area (Å²) in [6.45, 7) is 0.200. The highest BCUT2D eigenvalue weighted by atomic mass is 79.9.